The summed E-state index contributed by atoms with van der Waals surface area (Å²) in [7, 11) is 1.14. The van der Waals surface area contributed by atoms with Crippen molar-refractivity contribution < 1.29 is 42.1 Å². The highest BCUT2D eigenvalue weighted by Crippen LogP contribution is 2.38. The summed E-state index contributed by atoms with van der Waals surface area (Å²) in [6.45, 7) is 4.17. The van der Waals surface area contributed by atoms with E-state index in [2.05, 4.69) is 74.6 Å². The van der Waals surface area contributed by atoms with Gasteiger partial charge >= 0.3 is 11.9 Å². The molecule has 0 radical (unpaired) electrons. The smallest absolute Gasteiger partial charge is 0.306 e. The molecule has 0 rings (SSSR count). The van der Waals surface area contributed by atoms with Gasteiger partial charge in [0.25, 0.3) is 7.82 Å². The van der Waals surface area contributed by atoms with Crippen molar-refractivity contribution in [2.24, 2.45) is 0 Å². The summed E-state index contributed by atoms with van der Waals surface area (Å²) in [6, 6.07) is 0. The Balaban J connectivity index is 4.35. The summed E-state index contributed by atoms with van der Waals surface area (Å²) >= 11 is 0. The molecule has 0 heterocycles. The molecule has 2 atom stereocenters. The molecule has 0 aliphatic heterocycles. The van der Waals surface area contributed by atoms with Crippen molar-refractivity contribution in [1.29, 1.82) is 0 Å². The van der Waals surface area contributed by atoms with Gasteiger partial charge in [0.05, 0.1) is 27.7 Å². The maximum absolute atomic E-state index is 12.7. The average Bonchev–Trinajstić information content (AvgIpc) is 3.21. The van der Waals surface area contributed by atoms with Gasteiger partial charge in [-0.25, -0.2) is 0 Å². The highest BCUT2D eigenvalue weighted by molar-refractivity contribution is 7.45. The van der Waals surface area contributed by atoms with Crippen LogP contribution in [0.1, 0.15) is 200 Å². The molecule has 0 N–H and O–H groups in total. The van der Waals surface area contributed by atoms with Crippen molar-refractivity contribution in [3.8, 4) is 0 Å². The number of quaternary nitrogens is 1. The Hall–Kier alpha value is -2.29. The summed E-state index contributed by atoms with van der Waals surface area (Å²) in [5.41, 5.74) is 0. The van der Waals surface area contributed by atoms with Gasteiger partial charge in [-0.05, 0) is 83.5 Å². The van der Waals surface area contributed by atoms with Crippen LogP contribution in [0.2, 0.25) is 0 Å². The van der Waals surface area contributed by atoms with Gasteiger partial charge in [0.15, 0.2) is 6.10 Å². The molecule has 354 valence electrons. The summed E-state index contributed by atoms with van der Waals surface area (Å²) in [5, 5.41) is 0. The summed E-state index contributed by atoms with van der Waals surface area (Å²) in [6.07, 6.45) is 52.4. The van der Waals surface area contributed by atoms with Crippen LogP contribution in [0.25, 0.3) is 0 Å². The van der Waals surface area contributed by atoms with Gasteiger partial charge in [0.1, 0.15) is 19.8 Å². The van der Waals surface area contributed by atoms with E-state index in [1.54, 1.807) is 0 Å². The fourth-order valence-electron chi connectivity index (χ4n) is 6.40. The predicted octanol–water partition coefficient (Wildman–Crippen LogP) is 13.8. The first-order valence-corrected chi connectivity index (χ1v) is 26.0. The van der Waals surface area contributed by atoms with Gasteiger partial charge < -0.3 is 27.9 Å². The number of hydrogen-bond acceptors (Lipinski definition) is 8. The lowest BCUT2D eigenvalue weighted by atomic mass is 10.1. The first kappa shape index (κ1) is 58.7. The molecule has 0 bridgehead atoms. The molecule has 0 fully saturated rings. The van der Waals surface area contributed by atoms with E-state index in [-0.39, 0.29) is 26.1 Å². The Labute approximate surface area is 375 Å². The van der Waals surface area contributed by atoms with E-state index in [1.165, 1.54) is 70.6 Å². The van der Waals surface area contributed by atoms with Crippen LogP contribution in [-0.2, 0) is 32.7 Å². The second-order valence-corrected chi connectivity index (χ2v) is 18.9. The fourth-order valence-corrected chi connectivity index (χ4v) is 7.13. The average molecular weight is 878 g/mol. The number of likely N-dealkylation sites (N-methyl/N-ethyl adjacent to an activating group) is 1. The van der Waals surface area contributed by atoms with Crippen LogP contribution in [0, 0.1) is 0 Å². The molecule has 9 nitrogen and oxygen atoms in total. The summed E-state index contributed by atoms with van der Waals surface area (Å²) in [4.78, 5) is 37.7. The zero-order valence-corrected chi connectivity index (χ0v) is 40.7. The Morgan fingerprint density at radius 1 is 0.508 bits per heavy atom. The van der Waals surface area contributed by atoms with Gasteiger partial charge in [0, 0.05) is 12.8 Å². The molecule has 0 aromatic rings. The molecule has 0 aliphatic carbocycles. The van der Waals surface area contributed by atoms with Crippen molar-refractivity contribution in [3.05, 3.63) is 60.8 Å². The minimum absolute atomic E-state index is 0.0384. The maximum atomic E-state index is 12.7. The molecule has 0 saturated carbocycles. The number of phosphoric ester groups is 1. The van der Waals surface area contributed by atoms with E-state index in [1.807, 2.05) is 21.1 Å². The SMILES string of the molecule is CCCCCC/C=C\C/C=C\CCCCCCCC(=O)OCC(COP(=O)([O-])OCC[N+](C)(C)C)OC(=O)CCCCCCCC/C=C\C/C=C\C/C=C\CCCCCCC. The minimum Gasteiger partial charge on any atom is -0.756 e. The largest absolute Gasteiger partial charge is 0.756 e. The van der Waals surface area contributed by atoms with Gasteiger partial charge in [-0.1, -0.05) is 164 Å². The topological polar surface area (TPSA) is 111 Å². The molecular weight excluding hydrogens is 786 g/mol. The van der Waals surface area contributed by atoms with Crippen LogP contribution in [0.3, 0.4) is 0 Å². The number of hydrogen-bond donors (Lipinski definition) is 0. The fraction of sp³-hybridized carbons (Fsp3) is 0.765. The van der Waals surface area contributed by atoms with E-state index in [9.17, 15) is 19.0 Å². The van der Waals surface area contributed by atoms with Gasteiger partial charge in [-0.15, -0.1) is 0 Å². The quantitative estimate of drug-likeness (QED) is 0.0196. The second kappa shape index (κ2) is 43.0. The Morgan fingerprint density at radius 2 is 0.885 bits per heavy atom. The normalized spacial score (nSPS) is 14.0. The lowest BCUT2D eigenvalue weighted by Crippen LogP contribution is -2.37. The van der Waals surface area contributed by atoms with Crippen LogP contribution in [0.15, 0.2) is 60.8 Å². The van der Waals surface area contributed by atoms with Crippen molar-refractivity contribution in [3.63, 3.8) is 0 Å². The molecule has 2 unspecified atom stereocenters. The number of phosphoric acid groups is 1. The number of carbonyl (C=O) groups is 2. The number of unbranched alkanes of at least 4 members (excludes halogenated alkanes) is 20. The van der Waals surface area contributed by atoms with Crippen molar-refractivity contribution in [2.75, 3.05) is 47.5 Å². The molecular formula is C51H92NO8P. The highest BCUT2D eigenvalue weighted by atomic mass is 31.2. The van der Waals surface area contributed by atoms with Crippen LogP contribution < -0.4 is 4.89 Å². The van der Waals surface area contributed by atoms with E-state index in [0.717, 1.165) is 89.9 Å². The number of esters is 2. The third-order valence-corrected chi connectivity index (χ3v) is 11.2. The number of ether oxygens (including phenoxy) is 2. The molecule has 0 aliphatic rings. The molecule has 0 saturated heterocycles. The van der Waals surface area contributed by atoms with Gasteiger partial charge in [-0.3, -0.25) is 14.2 Å². The first-order valence-electron chi connectivity index (χ1n) is 24.5. The van der Waals surface area contributed by atoms with Crippen molar-refractivity contribution in [2.45, 2.75) is 206 Å². The van der Waals surface area contributed by atoms with Gasteiger partial charge in [-0.2, -0.15) is 0 Å². The Kier molecular flexibility index (Phi) is 41.4. The molecule has 10 heteroatoms. The lowest BCUT2D eigenvalue weighted by molar-refractivity contribution is -0.870. The van der Waals surface area contributed by atoms with E-state index in [0.29, 0.717) is 23.9 Å². The predicted molar refractivity (Wildman–Crippen MR) is 254 cm³/mol. The summed E-state index contributed by atoms with van der Waals surface area (Å²) < 4.78 is 34.0. The first-order chi connectivity index (χ1) is 29.5. The maximum Gasteiger partial charge on any atom is 0.306 e. The zero-order chi connectivity index (χ0) is 45.0. The number of nitrogens with zero attached hydrogens (tertiary/aromatic N) is 1. The standard InChI is InChI=1S/C51H92NO8P/c1-6-8-10-12-14-16-18-20-22-24-25-26-27-28-30-32-34-36-38-40-42-44-51(54)60-49(48-59-61(55,56)58-46-45-52(3,4)5)47-57-50(53)43-41-39-37-35-33-31-29-23-21-19-17-15-13-11-9-7-2/h17-20,23-25,27-29,49H,6-16,21-22,26,30-48H2,1-5H3/b19-17-,20-18-,25-24-,28-27-,29-23-. The lowest BCUT2D eigenvalue weighted by Gasteiger charge is -2.28. The van der Waals surface area contributed by atoms with E-state index in [4.69, 9.17) is 18.5 Å². The third-order valence-electron chi connectivity index (χ3n) is 10.3. The van der Waals surface area contributed by atoms with Gasteiger partial charge in [0.2, 0.25) is 0 Å². The third kappa shape index (κ3) is 47.0. The number of carbonyl (C=O) groups excluding carboxylic acids is 2. The molecule has 0 aromatic carbocycles. The minimum atomic E-state index is -4.64. The molecule has 61 heavy (non-hydrogen) atoms. The van der Waals surface area contributed by atoms with E-state index >= 15 is 0 Å². The van der Waals surface area contributed by atoms with Crippen LogP contribution in [-0.4, -0.2) is 70.0 Å². The highest BCUT2D eigenvalue weighted by Gasteiger charge is 2.21. The molecule has 0 amide bonds. The molecule has 0 aromatic heterocycles. The van der Waals surface area contributed by atoms with Crippen LogP contribution in [0.4, 0.5) is 0 Å². The zero-order valence-electron chi connectivity index (χ0n) is 39.8. The van der Waals surface area contributed by atoms with Crippen molar-refractivity contribution in [1.82, 2.24) is 0 Å². The Morgan fingerprint density at radius 3 is 1.33 bits per heavy atom. The summed E-state index contributed by atoms with van der Waals surface area (Å²) in [5.74, 6) is -0.866. The monoisotopic (exact) mass is 878 g/mol. The van der Waals surface area contributed by atoms with Crippen LogP contribution in [0.5, 0.6) is 0 Å². The van der Waals surface area contributed by atoms with E-state index < -0.39 is 32.5 Å². The number of allylic oxidation sites excluding steroid dienone is 10. The van der Waals surface area contributed by atoms with Crippen molar-refractivity contribution >= 4 is 19.8 Å². The molecule has 0 spiro atoms. The number of rotatable bonds is 44. The second-order valence-electron chi connectivity index (χ2n) is 17.5. The van der Waals surface area contributed by atoms with Crippen LogP contribution >= 0.6 is 7.82 Å². The Bertz CT molecular complexity index is 1220.